The average molecular weight is 267 g/mol. The fourth-order valence-electron chi connectivity index (χ4n) is 3.09. The zero-order valence-corrected chi connectivity index (χ0v) is 13.2. The molecule has 2 aromatic carbocycles. The van der Waals surface area contributed by atoms with Crippen LogP contribution in [0.15, 0.2) is 36.4 Å². The Labute approximate surface area is 123 Å². The number of nitrogens with one attached hydrogen (secondary N) is 1. The van der Waals surface area contributed by atoms with Crippen LogP contribution in [-0.4, -0.2) is 6.54 Å². The molecule has 0 saturated carbocycles. The van der Waals surface area contributed by atoms with Crippen molar-refractivity contribution >= 4 is 0 Å². The fourth-order valence-corrected chi connectivity index (χ4v) is 3.09. The largest absolute Gasteiger partial charge is 0.307 e. The van der Waals surface area contributed by atoms with Crippen LogP contribution >= 0.6 is 0 Å². The van der Waals surface area contributed by atoms with Crippen LogP contribution in [0.1, 0.15) is 46.3 Å². The highest BCUT2D eigenvalue weighted by Crippen LogP contribution is 2.29. The van der Waals surface area contributed by atoms with Crippen LogP contribution in [0.2, 0.25) is 0 Å². The molecular weight excluding hydrogens is 242 g/mol. The van der Waals surface area contributed by atoms with Crippen molar-refractivity contribution in [2.75, 3.05) is 6.54 Å². The van der Waals surface area contributed by atoms with Crippen LogP contribution in [0.3, 0.4) is 0 Å². The lowest BCUT2D eigenvalue weighted by Crippen LogP contribution is -2.23. The molecule has 20 heavy (non-hydrogen) atoms. The summed E-state index contributed by atoms with van der Waals surface area (Å²) in [5.41, 5.74) is 8.16. The molecule has 0 bridgehead atoms. The van der Waals surface area contributed by atoms with Crippen molar-refractivity contribution in [3.63, 3.8) is 0 Å². The molecule has 1 heteroatoms. The van der Waals surface area contributed by atoms with Gasteiger partial charge in [0, 0.05) is 0 Å². The number of rotatable bonds is 4. The summed E-state index contributed by atoms with van der Waals surface area (Å²) in [7, 11) is 0. The van der Waals surface area contributed by atoms with E-state index in [1.807, 2.05) is 0 Å². The normalized spacial score (nSPS) is 12.4. The third-order valence-corrected chi connectivity index (χ3v) is 3.81. The second-order valence-corrected chi connectivity index (χ2v) is 5.72. The van der Waals surface area contributed by atoms with Crippen molar-refractivity contribution < 1.29 is 0 Å². The Hall–Kier alpha value is -1.60. The second-order valence-electron chi connectivity index (χ2n) is 5.72. The van der Waals surface area contributed by atoms with E-state index < -0.39 is 0 Å². The van der Waals surface area contributed by atoms with Crippen LogP contribution in [0.25, 0.3) is 0 Å². The first kappa shape index (κ1) is 14.8. The van der Waals surface area contributed by atoms with Crippen molar-refractivity contribution in [2.45, 2.75) is 40.7 Å². The molecule has 0 heterocycles. The molecule has 106 valence electrons. The van der Waals surface area contributed by atoms with E-state index in [0.717, 1.165) is 6.54 Å². The van der Waals surface area contributed by atoms with Gasteiger partial charge in [-0.2, -0.15) is 0 Å². The van der Waals surface area contributed by atoms with Gasteiger partial charge in [0.1, 0.15) is 0 Å². The molecule has 0 aromatic heterocycles. The lowest BCUT2D eigenvalue weighted by Gasteiger charge is -2.24. The summed E-state index contributed by atoms with van der Waals surface area (Å²) in [4.78, 5) is 0. The number of benzene rings is 2. The first-order valence-electron chi connectivity index (χ1n) is 7.40. The van der Waals surface area contributed by atoms with Crippen molar-refractivity contribution in [2.24, 2.45) is 0 Å². The van der Waals surface area contributed by atoms with E-state index in [1.54, 1.807) is 0 Å². The summed E-state index contributed by atoms with van der Waals surface area (Å²) < 4.78 is 0. The van der Waals surface area contributed by atoms with Gasteiger partial charge in [-0.15, -0.1) is 0 Å². The van der Waals surface area contributed by atoms with Crippen LogP contribution in [0.5, 0.6) is 0 Å². The van der Waals surface area contributed by atoms with E-state index >= 15 is 0 Å². The molecule has 2 rings (SSSR count). The molecule has 0 aliphatic rings. The number of aryl methyl sites for hydroxylation is 4. The molecule has 0 aliphatic carbocycles. The maximum Gasteiger partial charge on any atom is 0.0581 e. The molecule has 0 radical (unpaired) electrons. The summed E-state index contributed by atoms with van der Waals surface area (Å²) in [6.07, 6.45) is 0. The van der Waals surface area contributed by atoms with Crippen LogP contribution < -0.4 is 5.32 Å². The smallest absolute Gasteiger partial charge is 0.0581 e. The molecular formula is C19H25N. The SMILES string of the molecule is CCNC(c1cccc(C)c1)c1c(C)cc(C)cc1C. The molecule has 1 unspecified atom stereocenters. The highest BCUT2D eigenvalue weighted by molar-refractivity contribution is 5.44. The first-order valence-corrected chi connectivity index (χ1v) is 7.40. The lowest BCUT2D eigenvalue weighted by molar-refractivity contribution is 0.624. The Balaban J connectivity index is 2.54. The van der Waals surface area contributed by atoms with E-state index in [0.29, 0.717) is 0 Å². The van der Waals surface area contributed by atoms with Gasteiger partial charge in [0.2, 0.25) is 0 Å². The maximum atomic E-state index is 3.64. The highest BCUT2D eigenvalue weighted by Gasteiger charge is 2.17. The van der Waals surface area contributed by atoms with Crippen molar-refractivity contribution in [1.82, 2.24) is 5.32 Å². The molecule has 0 fully saturated rings. The Morgan fingerprint density at radius 1 is 0.900 bits per heavy atom. The predicted molar refractivity (Wildman–Crippen MR) is 87.4 cm³/mol. The minimum Gasteiger partial charge on any atom is -0.307 e. The summed E-state index contributed by atoms with van der Waals surface area (Å²) in [6, 6.07) is 13.6. The predicted octanol–water partition coefficient (Wildman–Crippen LogP) is 4.62. The van der Waals surface area contributed by atoms with Crippen molar-refractivity contribution in [3.8, 4) is 0 Å². The highest BCUT2D eigenvalue weighted by atomic mass is 14.9. The van der Waals surface area contributed by atoms with Gasteiger partial charge in [-0.3, -0.25) is 0 Å². The van der Waals surface area contributed by atoms with Crippen molar-refractivity contribution in [3.05, 3.63) is 69.8 Å². The monoisotopic (exact) mass is 267 g/mol. The quantitative estimate of drug-likeness (QED) is 0.852. The number of hydrogen-bond donors (Lipinski definition) is 1. The molecule has 1 nitrogen and oxygen atoms in total. The molecule has 1 N–H and O–H groups in total. The number of hydrogen-bond acceptors (Lipinski definition) is 1. The maximum absolute atomic E-state index is 3.64. The summed E-state index contributed by atoms with van der Waals surface area (Å²) in [6.45, 7) is 11.9. The van der Waals surface area contributed by atoms with Gasteiger partial charge in [0.15, 0.2) is 0 Å². The Morgan fingerprint density at radius 2 is 1.55 bits per heavy atom. The minimum absolute atomic E-state index is 0.278. The first-order chi connectivity index (χ1) is 9.52. The van der Waals surface area contributed by atoms with Crippen LogP contribution in [-0.2, 0) is 0 Å². The second kappa shape index (κ2) is 6.23. The molecule has 0 amide bonds. The Kier molecular flexibility index (Phi) is 4.61. The van der Waals surface area contributed by atoms with Gasteiger partial charge in [-0.05, 0) is 56.5 Å². The standard InChI is InChI=1S/C19H25N/c1-6-20-19(17-9-7-8-13(2)12-17)18-15(4)10-14(3)11-16(18)5/h7-12,19-20H,6H2,1-5H3. The van der Waals surface area contributed by atoms with Crippen LogP contribution in [0, 0.1) is 27.7 Å². The zero-order chi connectivity index (χ0) is 14.7. The summed E-state index contributed by atoms with van der Waals surface area (Å²) in [5.74, 6) is 0. The van der Waals surface area contributed by atoms with E-state index in [-0.39, 0.29) is 6.04 Å². The molecule has 0 aliphatic heterocycles. The van der Waals surface area contributed by atoms with Gasteiger partial charge in [-0.25, -0.2) is 0 Å². The Morgan fingerprint density at radius 3 is 2.10 bits per heavy atom. The van der Waals surface area contributed by atoms with E-state index in [9.17, 15) is 0 Å². The van der Waals surface area contributed by atoms with Crippen molar-refractivity contribution in [1.29, 1.82) is 0 Å². The summed E-state index contributed by atoms with van der Waals surface area (Å²) >= 11 is 0. The third-order valence-electron chi connectivity index (χ3n) is 3.81. The van der Waals surface area contributed by atoms with E-state index in [2.05, 4.69) is 76.3 Å². The minimum atomic E-state index is 0.278. The lowest BCUT2D eigenvalue weighted by atomic mass is 9.89. The summed E-state index contributed by atoms with van der Waals surface area (Å²) in [5, 5.41) is 3.64. The van der Waals surface area contributed by atoms with Gasteiger partial charge in [0.25, 0.3) is 0 Å². The molecule has 1 atom stereocenters. The molecule has 2 aromatic rings. The zero-order valence-electron chi connectivity index (χ0n) is 13.2. The Bertz CT molecular complexity index is 575. The van der Waals surface area contributed by atoms with Gasteiger partial charge in [-0.1, -0.05) is 54.4 Å². The van der Waals surface area contributed by atoms with E-state index in [1.165, 1.54) is 33.4 Å². The van der Waals surface area contributed by atoms with E-state index in [4.69, 9.17) is 0 Å². The van der Waals surface area contributed by atoms with Crippen LogP contribution in [0.4, 0.5) is 0 Å². The fraction of sp³-hybridized carbons (Fsp3) is 0.368. The van der Waals surface area contributed by atoms with Gasteiger partial charge < -0.3 is 5.32 Å². The average Bonchev–Trinajstić information content (AvgIpc) is 2.36. The molecule has 0 saturated heterocycles. The third kappa shape index (κ3) is 3.10. The molecule has 0 spiro atoms. The van der Waals surface area contributed by atoms with Gasteiger partial charge in [0.05, 0.1) is 6.04 Å². The topological polar surface area (TPSA) is 12.0 Å². The van der Waals surface area contributed by atoms with Gasteiger partial charge >= 0.3 is 0 Å².